The van der Waals surface area contributed by atoms with Crippen LogP contribution in [0.3, 0.4) is 0 Å². The second-order valence-corrected chi connectivity index (χ2v) is 8.09. The van der Waals surface area contributed by atoms with Crippen LogP contribution in [0.5, 0.6) is 5.75 Å². The lowest BCUT2D eigenvalue weighted by molar-refractivity contribution is -0.122. The van der Waals surface area contributed by atoms with Crippen molar-refractivity contribution in [2.24, 2.45) is 4.99 Å². The fourth-order valence-electron chi connectivity index (χ4n) is 2.88. The first-order valence-corrected chi connectivity index (χ1v) is 10.5. The van der Waals surface area contributed by atoms with Crippen LogP contribution in [0.4, 0.5) is 11.4 Å². The summed E-state index contributed by atoms with van der Waals surface area (Å²) in [6, 6.07) is 15.1. The van der Waals surface area contributed by atoms with Gasteiger partial charge in [-0.25, -0.2) is 4.99 Å². The molecule has 0 bridgehead atoms. The molecule has 0 radical (unpaired) electrons. The maximum atomic E-state index is 12.3. The van der Waals surface area contributed by atoms with Crippen molar-refractivity contribution in [3.63, 3.8) is 0 Å². The fraction of sp³-hybridized carbons (Fsp3) is 0.318. The molecule has 0 saturated carbocycles. The van der Waals surface area contributed by atoms with Gasteiger partial charge in [-0.15, -0.1) is 0 Å². The molecule has 1 aliphatic rings. The predicted octanol–water partition coefficient (Wildman–Crippen LogP) is 4.46. The number of amidine groups is 1. The minimum absolute atomic E-state index is 0.0779. The van der Waals surface area contributed by atoms with Crippen LogP contribution in [-0.2, 0) is 9.59 Å². The molecule has 29 heavy (non-hydrogen) atoms. The monoisotopic (exact) mass is 411 g/mol. The van der Waals surface area contributed by atoms with Crippen molar-refractivity contribution in [2.75, 3.05) is 12.4 Å². The Morgan fingerprint density at radius 3 is 2.52 bits per heavy atom. The number of benzene rings is 2. The number of ether oxygens (including phenoxy) is 1. The smallest absolute Gasteiger partial charge is 0.240 e. The topological polar surface area (TPSA) is 79.8 Å². The molecular formula is C22H25N3O3S. The van der Waals surface area contributed by atoms with Gasteiger partial charge < -0.3 is 15.4 Å². The molecule has 2 amide bonds. The summed E-state index contributed by atoms with van der Waals surface area (Å²) in [6.45, 7) is 4.35. The summed E-state index contributed by atoms with van der Waals surface area (Å²) in [7, 11) is 1.59. The fourth-order valence-corrected chi connectivity index (χ4v) is 3.87. The van der Waals surface area contributed by atoms with Crippen LogP contribution >= 0.6 is 11.8 Å². The quantitative estimate of drug-likeness (QED) is 0.705. The number of aliphatic imine (C=N–C) groups is 1. The maximum absolute atomic E-state index is 12.3. The Morgan fingerprint density at radius 1 is 1.21 bits per heavy atom. The van der Waals surface area contributed by atoms with Crippen molar-refractivity contribution in [3.05, 3.63) is 54.1 Å². The molecule has 1 aliphatic heterocycles. The molecule has 1 heterocycles. The van der Waals surface area contributed by atoms with E-state index in [9.17, 15) is 9.59 Å². The Bertz CT molecular complexity index is 895. The van der Waals surface area contributed by atoms with E-state index in [1.165, 1.54) is 17.3 Å². The molecule has 2 N–H and O–H groups in total. The third kappa shape index (κ3) is 5.60. The molecule has 7 heteroatoms. The van der Waals surface area contributed by atoms with E-state index in [2.05, 4.69) is 41.6 Å². The van der Waals surface area contributed by atoms with E-state index in [-0.39, 0.29) is 18.2 Å². The SMILES string of the molecule is CC[C@@H](C)c1ccc(N=C2NC(=O)[C@@H](CC(=O)Nc3ccc(OC)cc3)S2)cc1. The van der Waals surface area contributed by atoms with Crippen LogP contribution in [-0.4, -0.2) is 29.3 Å². The zero-order chi connectivity index (χ0) is 20.8. The van der Waals surface area contributed by atoms with E-state index in [1.54, 1.807) is 31.4 Å². The normalized spacial score (nSPS) is 18.4. The summed E-state index contributed by atoms with van der Waals surface area (Å²) < 4.78 is 5.10. The van der Waals surface area contributed by atoms with E-state index in [0.29, 0.717) is 22.5 Å². The predicted molar refractivity (Wildman–Crippen MR) is 118 cm³/mol. The summed E-state index contributed by atoms with van der Waals surface area (Å²) in [5, 5.41) is 5.59. The first kappa shape index (κ1) is 20.9. The summed E-state index contributed by atoms with van der Waals surface area (Å²) >= 11 is 1.28. The van der Waals surface area contributed by atoms with E-state index in [0.717, 1.165) is 12.1 Å². The molecule has 2 aromatic rings. The third-order valence-corrected chi connectivity index (χ3v) is 5.91. The van der Waals surface area contributed by atoms with Gasteiger partial charge in [-0.05, 0) is 54.3 Å². The Hall–Kier alpha value is -2.80. The van der Waals surface area contributed by atoms with Crippen molar-refractivity contribution in [1.29, 1.82) is 0 Å². The van der Waals surface area contributed by atoms with Crippen LogP contribution in [0.1, 0.15) is 38.2 Å². The number of hydrogen-bond acceptors (Lipinski definition) is 5. The summed E-state index contributed by atoms with van der Waals surface area (Å²) in [5.74, 6) is 0.800. The summed E-state index contributed by atoms with van der Waals surface area (Å²) in [4.78, 5) is 29.0. The maximum Gasteiger partial charge on any atom is 0.240 e. The number of methoxy groups -OCH3 is 1. The largest absolute Gasteiger partial charge is 0.497 e. The molecule has 2 atom stereocenters. The second-order valence-electron chi connectivity index (χ2n) is 6.89. The average molecular weight is 412 g/mol. The van der Waals surface area contributed by atoms with Gasteiger partial charge in [0.2, 0.25) is 11.8 Å². The lowest BCUT2D eigenvalue weighted by atomic mass is 9.99. The average Bonchev–Trinajstić information content (AvgIpc) is 3.07. The number of carbonyl (C=O) groups excluding carboxylic acids is 2. The number of amides is 2. The highest BCUT2D eigenvalue weighted by Gasteiger charge is 2.32. The molecule has 152 valence electrons. The van der Waals surface area contributed by atoms with Gasteiger partial charge in [0, 0.05) is 12.1 Å². The van der Waals surface area contributed by atoms with Crippen molar-refractivity contribution < 1.29 is 14.3 Å². The van der Waals surface area contributed by atoms with Gasteiger partial charge in [-0.3, -0.25) is 9.59 Å². The Kier molecular flexibility index (Phi) is 6.93. The minimum atomic E-state index is -0.494. The lowest BCUT2D eigenvalue weighted by Gasteiger charge is -2.08. The first-order valence-electron chi connectivity index (χ1n) is 9.58. The molecule has 0 unspecified atom stereocenters. The van der Waals surface area contributed by atoms with Gasteiger partial charge in [0.15, 0.2) is 5.17 Å². The molecule has 0 aliphatic carbocycles. The van der Waals surface area contributed by atoms with E-state index < -0.39 is 5.25 Å². The van der Waals surface area contributed by atoms with Crippen molar-refractivity contribution in [3.8, 4) is 5.75 Å². The van der Waals surface area contributed by atoms with Gasteiger partial charge in [-0.2, -0.15) is 0 Å². The number of nitrogens with zero attached hydrogens (tertiary/aromatic N) is 1. The highest BCUT2D eigenvalue weighted by Crippen LogP contribution is 2.27. The molecular weight excluding hydrogens is 386 g/mol. The number of carbonyl (C=O) groups is 2. The van der Waals surface area contributed by atoms with Gasteiger partial charge in [0.25, 0.3) is 0 Å². The van der Waals surface area contributed by atoms with E-state index in [4.69, 9.17) is 4.74 Å². The molecule has 1 saturated heterocycles. The van der Waals surface area contributed by atoms with E-state index in [1.807, 2.05) is 12.1 Å². The number of rotatable bonds is 7. The van der Waals surface area contributed by atoms with Crippen LogP contribution in [0, 0.1) is 0 Å². The van der Waals surface area contributed by atoms with Crippen LogP contribution in [0.25, 0.3) is 0 Å². The standard InChI is InChI=1S/C22H25N3O3S/c1-4-14(2)15-5-7-17(8-6-15)24-22-25-21(27)19(29-22)13-20(26)23-16-9-11-18(28-3)12-10-16/h5-12,14,19H,4,13H2,1-3H3,(H,23,26)(H,24,25,27)/t14-,19-/m1/s1. The molecule has 1 fully saturated rings. The van der Waals surface area contributed by atoms with Gasteiger partial charge >= 0.3 is 0 Å². The van der Waals surface area contributed by atoms with Crippen molar-refractivity contribution >= 4 is 40.1 Å². The second kappa shape index (κ2) is 9.60. The Morgan fingerprint density at radius 2 is 1.90 bits per heavy atom. The Labute approximate surface area is 175 Å². The highest BCUT2D eigenvalue weighted by molar-refractivity contribution is 8.15. The van der Waals surface area contributed by atoms with Crippen LogP contribution in [0.15, 0.2) is 53.5 Å². The zero-order valence-electron chi connectivity index (χ0n) is 16.8. The molecule has 6 nitrogen and oxygen atoms in total. The summed E-state index contributed by atoms with van der Waals surface area (Å²) in [6.07, 6.45) is 1.16. The van der Waals surface area contributed by atoms with Gasteiger partial charge in [0.1, 0.15) is 11.0 Å². The van der Waals surface area contributed by atoms with Crippen LogP contribution < -0.4 is 15.4 Å². The van der Waals surface area contributed by atoms with E-state index >= 15 is 0 Å². The number of hydrogen-bond donors (Lipinski definition) is 2. The summed E-state index contributed by atoms with van der Waals surface area (Å²) in [5.41, 5.74) is 2.71. The third-order valence-electron chi connectivity index (χ3n) is 4.83. The number of thioether (sulfide) groups is 1. The number of nitrogens with one attached hydrogen (secondary N) is 2. The first-order chi connectivity index (χ1) is 14.0. The van der Waals surface area contributed by atoms with Crippen LogP contribution in [0.2, 0.25) is 0 Å². The van der Waals surface area contributed by atoms with Crippen molar-refractivity contribution in [1.82, 2.24) is 5.32 Å². The lowest BCUT2D eigenvalue weighted by Crippen LogP contribution is -2.28. The Balaban J connectivity index is 1.57. The zero-order valence-corrected chi connectivity index (χ0v) is 17.6. The van der Waals surface area contributed by atoms with Gasteiger partial charge in [-0.1, -0.05) is 37.7 Å². The highest BCUT2D eigenvalue weighted by atomic mass is 32.2. The molecule has 3 rings (SSSR count). The minimum Gasteiger partial charge on any atom is -0.497 e. The van der Waals surface area contributed by atoms with Gasteiger partial charge in [0.05, 0.1) is 12.8 Å². The molecule has 0 aromatic heterocycles. The number of anilines is 1. The van der Waals surface area contributed by atoms with Crippen molar-refractivity contribution in [2.45, 2.75) is 37.9 Å². The molecule has 2 aromatic carbocycles. The molecule has 0 spiro atoms.